The number of hydrogen-bond acceptors (Lipinski definition) is 8. The molecule has 42 heavy (non-hydrogen) atoms. The summed E-state index contributed by atoms with van der Waals surface area (Å²) in [7, 11) is -0.928. The van der Waals surface area contributed by atoms with Gasteiger partial charge in [0.15, 0.2) is 0 Å². The number of hydrogen-bond donors (Lipinski definition) is 2. The molecule has 2 saturated heterocycles. The highest BCUT2D eigenvalue weighted by Gasteiger charge is 2.53. The van der Waals surface area contributed by atoms with Gasteiger partial charge in [-0.1, -0.05) is 36.4 Å². The normalized spacial score (nSPS) is 25.0. The van der Waals surface area contributed by atoms with Crippen LogP contribution in [0.5, 0.6) is 0 Å². The molecule has 1 aliphatic carbocycles. The van der Waals surface area contributed by atoms with E-state index in [0.717, 1.165) is 57.5 Å². The first-order chi connectivity index (χ1) is 19.7. The third kappa shape index (κ3) is 6.00. The highest BCUT2D eigenvalue weighted by molar-refractivity contribution is 7.80. The van der Waals surface area contributed by atoms with E-state index in [0.29, 0.717) is 13.2 Å². The highest BCUT2D eigenvalue weighted by Crippen LogP contribution is 2.48. The van der Waals surface area contributed by atoms with Crippen molar-refractivity contribution in [1.82, 2.24) is 0 Å². The van der Waals surface area contributed by atoms with E-state index >= 15 is 0 Å². The highest BCUT2D eigenvalue weighted by atomic mass is 32.1. The van der Waals surface area contributed by atoms with Crippen LogP contribution in [0.4, 0.5) is 0 Å². The van der Waals surface area contributed by atoms with Crippen molar-refractivity contribution in [1.29, 1.82) is 0 Å². The Hall–Kier alpha value is -0.970. The van der Waals surface area contributed by atoms with E-state index in [1.807, 2.05) is 0 Å². The molecule has 0 N–H and O–H groups in total. The van der Waals surface area contributed by atoms with Gasteiger partial charge >= 0.3 is 14.2 Å². The average molecular weight is 612 g/mol. The van der Waals surface area contributed by atoms with Crippen LogP contribution in [0.2, 0.25) is 0 Å². The first-order valence-corrected chi connectivity index (χ1v) is 16.4. The number of fused-ring (bicyclic) bond motifs is 3. The van der Waals surface area contributed by atoms with Crippen molar-refractivity contribution in [2.45, 2.75) is 103 Å². The van der Waals surface area contributed by atoms with Crippen LogP contribution in [0.15, 0.2) is 36.4 Å². The molecule has 0 spiro atoms. The largest absolute Gasteiger partial charge is 0.494 e. The summed E-state index contributed by atoms with van der Waals surface area (Å²) in [4.78, 5) is 0. The molecule has 0 amide bonds. The van der Waals surface area contributed by atoms with E-state index in [2.05, 4.69) is 117 Å². The van der Waals surface area contributed by atoms with Gasteiger partial charge in [0, 0.05) is 13.2 Å². The molecule has 5 rings (SSSR count). The van der Waals surface area contributed by atoms with Crippen molar-refractivity contribution in [3.8, 4) is 11.1 Å². The minimum atomic E-state index is -0.464. The van der Waals surface area contributed by atoms with E-state index in [-0.39, 0.29) is 12.2 Å². The zero-order valence-corrected chi connectivity index (χ0v) is 28.1. The fourth-order valence-corrected chi connectivity index (χ4v) is 5.86. The molecular weight excluding hydrogens is 566 g/mol. The smallest absolute Gasteiger partial charge is 0.399 e. The van der Waals surface area contributed by atoms with Crippen LogP contribution in [-0.2, 0) is 28.1 Å². The number of benzene rings is 2. The molecule has 0 radical (unpaired) electrons. The monoisotopic (exact) mass is 612 g/mol. The maximum Gasteiger partial charge on any atom is 0.494 e. The second-order valence-electron chi connectivity index (χ2n) is 13.6. The van der Waals surface area contributed by atoms with Crippen LogP contribution in [0.3, 0.4) is 0 Å². The lowest BCUT2D eigenvalue weighted by Crippen LogP contribution is -2.41. The molecule has 2 heterocycles. The van der Waals surface area contributed by atoms with Crippen molar-refractivity contribution in [2.75, 3.05) is 24.7 Å². The summed E-state index contributed by atoms with van der Waals surface area (Å²) in [5.41, 5.74) is 4.64. The Morgan fingerprint density at radius 3 is 1.24 bits per heavy atom. The third-order valence-corrected chi connectivity index (χ3v) is 10.2. The van der Waals surface area contributed by atoms with Gasteiger partial charge < -0.3 is 28.1 Å². The zero-order valence-electron chi connectivity index (χ0n) is 26.4. The fourth-order valence-electron chi connectivity index (χ4n) is 5.61. The van der Waals surface area contributed by atoms with Gasteiger partial charge in [-0.15, -0.1) is 0 Å². The molecule has 6 nitrogen and oxygen atoms in total. The molecule has 0 aromatic heterocycles. The lowest BCUT2D eigenvalue weighted by molar-refractivity contribution is -0.0786. The Morgan fingerprint density at radius 2 is 0.929 bits per heavy atom. The summed E-state index contributed by atoms with van der Waals surface area (Å²) >= 11 is 8.86. The molecule has 2 unspecified atom stereocenters. The molecule has 2 aromatic carbocycles. The molecule has 2 atom stereocenters. The summed E-state index contributed by atoms with van der Waals surface area (Å²) in [6.07, 6.45) is 1.05. The second-order valence-corrected chi connectivity index (χ2v) is 14.5. The lowest BCUT2D eigenvalue weighted by atomic mass is 9.71. The Morgan fingerprint density at radius 1 is 0.595 bits per heavy atom. The molecule has 2 aliphatic heterocycles. The maximum atomic E-state index is 6.64. The first kappa shape index (κ1) is 32.4. The van der Waals surface area contributed by atoms with Crippen molar-refractivity contribution in [3.63, 3.8) is 0 Å². The van der Waals surface area contributed by atoms with Gasteiger partial charge in [-0.2, -0.15) is 25.3 Å². The fraction of sp³-hybridized carbons (Fsp3) is 0.625. The molecule has 0 bridgehead atoms. The van der Waals surface area contributed by atoms with Crippen LogP contribution >= 0.6 is 25.3 Å². The van der Waals surface area contributed by atoms with Crippen molar-refractivity contribution < 1.29 is 28.1 Å². The quantitative estimate of drug-likeness (QED) is 0.204. The Kier molecular flexibility index (Phi) is 9.33. The Labute approximate surface area is 264 Å². The van der Waals surface area contributed by atoms with E-state index in [4.69, 9.17) is 28.1 Å². The lowest BCUT2D eigenvalue weighted by Gasteiger charge is -2.36. The average Bonchev–Trinajstić information content (AvgIpc) is 3.28. The van der Waals surface area contributed by atoms with Gasteiger partial charge in [-0.25, -0.2) is 0 Å². The minimum Gasteiger partial charge on any atom is -0.399 e. The number of rotatable bonds is 10. The summed E-state index contributed by atoms with van der Waals surface area (Å²) in [5, 5.41) is 0. The van der Waals surface area contributed by atoms with Crippen LogP contribution in [0.1, 0.15) is 91.6 Å². The standard InChI is InChI=1S/C32H46B2O6S2/c1-29(2)30(3,4)38-33(37-29)21-11-13-23-24-14-12-22(34-39-31(5,6)32(7,8)40-34)20-26(24)28(36-16-10-18-42)27(25(23)19-21)35-15-9-17-41/h11-14,19-20,27-28,41-42H,9-10,15-18H2,1-8H3. The molecule has 10 heteroatoms. The molecule has 2 fully saturated rings. The summed E-state index contributed by atoms with van der Waals surface area (Å²) in [6.45, 7) is 17.8. The van der Waals surface area contributed by atoms with Crippen LogP contribution in [0, 0.1) is 0 Å². The molecular formula is C32H46B2O6S2. The van der Waals surface area contributed by atoms with Gasteiger partial charge in [-0.05, 0) is 113 Å². The minimum absolute atomic E-state index is 0.316. The van der Waals surface area contributed by atoms with E-state index < -0.39 is 36.6 Å². The summed E-state index contributed by atoms with van der Waals surface area (Å²) in [6, 6.07) is 12.9. The van der Waals surface area contributed by atoms with Gasteiger partial charge in [0.25, 0.3) is 0 Å². The second kappa shape index (κ2) is 12.1. The van der Waals surface area contributed by atoms with Crippen molar-refractivity contribution in [2.24, 2.45) is 0 Å². The van der Waals surface area contributed by atoms with Gasteiger partial charge in [0.2, 0.25) is 0 Å². The molecule has 228 valence electrons. The van der Waals surface area contributed by atoms with Crippen molar-refractivity contribution in [3.05, 3.63) is 47.5 Å². The predicted octanol–water partition coefficient (Wildman–Crippen LogP) is 5.72. The van der Waals surface area contributed by atoms with Crippen LogP contribution < -0.4 is 10.9 Å². The van der Waals surface area contributed by atoms with Crippen LogP contribution in [-0.4, -0.2) is 61.4 Å². The first-order valence-electron chi connectivity index (χ1n) is 15.2. The van der Waals surface area contributed by atoms with Crippen LogP contribution in [0.25, 0.3) is 11.1 Å². The number of thiol groups is 2. The SMILES string of the molecule is CC1(C)OB(c2ccc3c(c2)C(OCCCS)C(OCCCS)c2cc(B4OC(C)(C)C(C)(C)O4)ccc2-3)OC1(C)C. The molecule has 0 saturated carbocycles. The van der Waals surface area contributed by atoms with Gasteiger partial charge in [0.05, 0.1) is 22.4 Å². The summed E-state index contributed by atoms with van der Waals surface area (Å²) in [5.74, 6) is 1.50. The van der Waals surface area contributed by atoms with E-state index in [1.165, 1.54) is 0 Å². The number of ether oxygens (including phenoxy) is 2. The zero-order chi connectivity index (χ0) is 30.5. The van der Waals surface area contributed by atoms with E-state index in [1.54, 1.807) is 0 Å². The third-order valence-electron chi connectivity index (χ3n) is 9.58. The summed E-state index contributed by atoms with van der Waals surface area (Å²) < 4.78 is 39.0. The van der Waals surface area contributed by atoms with Gasteiger partial charge in [-0.3, -0.25) is 0 Å². The molecule has 2 aromatic rings. The van der Waals surface area contributed by atoms with Crippen molar-refractivity contribution >= 4 is 50.4 Å². The molecule has 3 aliphatic rings. The predicted molar refractivity (Wildman–Crippen MR) is 178 cm³/mol. The topological polar surface area (TPSA) is 55.4 Å². The van der Waals surface area contributed by atoms with E-state index in [9.17, 15) is 0 Å². The Balaban J connectivity index is 1.58. The van der Waals surface area contributed by atoms with Gasteiger partial charge in [0.1, 0.15) is 12.2 Å². The maximum absolute atomic E-state index is 6.64. The Bertz CT molecular complexity index is 1150.